The molecule has 0 bridgehead atoms. The highest BCUT2D eigenvalue weighted by Crippen LogP contribution is 2.56. The minimum absolute atomic E-state index is 0.442. The van der Waals surface area contributed by atoms with Crippen LogP contribution in [0.25, 0.3) is 0 Å². The van der Waals surface area contributed by atoms with E-state index in [-0.39, 0.29) is 0 Å². The Balaban J connectivity index is 1.48. The second-order valence-corrected chi connectivity index (χ2v) is 7.14. The van der Waals surface area contributed by atoms with Gasteiger partial charge in [0, 0.05) is 30.7 Å². The van der Waals surface area contributed by atoms with Gasteiger partial charge in [0.15, 0.2) is 0 Å². The third kappa shape index (κ3) is 1.95. The summed E-state index contributed by atoms with van der Waals surface area (Å²) in [7, 11) is 0. The van der Waals surface area contributed by atoms with Crippen molar-refractivity contribution in [1.82, 2.24) is 5.32 Å². The summed E-state index contributed by atoms with van der Waals surface area (Å²) in [5.74, 6) is 0.857. The quantitative estimate of drug-likeness (QED) is 0.892. The third-order valence-corrected chi connectivity index (χ3v) is 5.68. The Bertz CT molecular complexity index is 500. The highest BCUT2D eigenvalue weighted by Gasteiger charge is 2.57. The van der Waals surface area contributed by atoms with Gasteiger partial charge in [0.25, 0.3) is 0 Å². The van der Waals surface area contributed by atoms with Crippen LogP contribution in [0.2, 0.25) is 0 Å². The van der Waals surface area contributed by atoms with E-state index in [0.29, 0.717) is 18.3 Å². The Hall–Kier alpha value is -1.09. The smallest absolute Gasteiger partial charge is 0.111 e. The molecule has 1 aromatic carbocycles. The first-order valence-electron chi connectivity index (χ1n) is 7.84. The molecule has 0 amide bonds. The van der Waals surface area contributed by atoms with Crippen LogP contribution in [-0.2, 0) is 5.41 Å². The number of halogens is 1. The molecule has 1 N–H and O–H groups in total. The molecule has 1 saturated carbocycles. The molecule has 108 valence electrons. The van der Waals surface area contributed by atoms with Crippen LogP contribution in [-0.4, -0.2) is 31.8 Å². The summed E-state index contributed by atoms with van der Waals surface area (Å²) < 4.78 is 13.9. The van der Waals surface area contributed by atoms with E-state index >= 15 is 0 Å². The molecule has 2 saturated heterocycles. The topological polar surface area (TPSA) is 15.3 Å². The largest absolute Gasteiger partial charge is 0.371 e. The molecule has 3 heteroatoms. The Morgan fingerprint density at radius 2 is 1.90 bits per heavy atom. The SMILES string of the molecule is CC1(F)CCN(c2ccc(C34CNCC3C4)cc2)CC1. The van der Waals surface area contributed by atoms with Crippen molar-refractivity contribution >= 4 is 5.69 Å². The summed E-state index contributed by atoms with van der Waals surface area (Å²) in [5, 5.41) is 3.50. The van der Waals surface area contributed by atoms with Crippen LogP contribution in [0, 0.1) is 5.92 Å². The second-order valence-electron chi connectivity index (χ2n) is 7.14. The van der Waals surface area contributed by atoms with Gasteiger partial charge in [-0.3, -0.25) is 0 Å². The van der Waals surface area contributed by atoms with Crippen LogP contribution >= 0.6 is 0 Å². The number of anilines is 1. The zero-order chi connectivity index (χ0) is 13.8. The van der Waals surface area contributed by atoms with E-state index in [4.69, 9.17) is 0 Å². The van der Waals surface area contributed by atoms with Crippen LogP contribution in [0.15, 0.2) is 24.3 Å². The van der Waals surface area contributed by atoms with E-state index in [2.05, 4.69) is 34.5 Å². The molecule has 2 atom stereocenters. The minimum atomic E-state index is -0.966. The number of nitrogens with zero attached hydrogens (tertiary/aromatic N) is 1. The predicted octanol–water partition coefficient (Wildman–Crippen LogP) is 2.88. The van der Waals surface area contributed by atoms with Gasteiger partial charge in [-0.05, 0) is 56.3 Å². The van der Waals surface area contributed by atoms with E-state index in [1.165, 1.54) is 24.2 Å². The van der Waals surface area contributed by atoms with Crippen molar-refractivity contribution in [3.8, 4) is 0 Å². The Morgan fingerprint density at radius 1 is 1.20 bits per heavy atom. The maximum atomic E-state index is 13.9. The molecule has 3 aliphatic rings. The average Bonchev–Trinajstić information content (AvgIpc) is 3.01. The lowest BCUT2D eigenvalue weighted by Gasteiger charge is -2.35. The number of hydrogen-bond donors (Lipinski definition) is 1. The Kier molecular flexibility index (Phi) is 2.65. The van der Waals surface area contributed by atoms with Crippen LogP contribution in [0.1, 0.15) is 31.7 Å². The summed E-state index contributed by atoms with van der Waals surface area (Å²) in [5.41, 5.74) is 2.22. The minimum Gasteiger partial charge on any atom is -0.371 e. The van der Waals surface area contributed by atoms with Crippen molar-refractivity contribution < 1.29 is 4.39 Å². The number of benzene rings is 1. The molecule has 3 fully saturated rings. The molecule has 0 spiro atoms. The zero-order valence-electron chi connectivity index (χ0n) is 12.2. The molecule has 0 radical (unpaired) electrons. The number of alkyl halides is 1. The fraction of sp³-hybridized carbons (Fsp3) is 0.647. The van der Waals surface area contributed by atoms with Gasteiger partial charge in [-0.15, -0.1) is 0 Å². The third-order valence-electron chi connectivity index (χ3n) is 5.68. The van der Waals surface area contributed by atoms with Gasteiger partial charge in [-0.25, -0.2) is 4.39 Å². The van der Waals surface area contributed by atoms with Crippen molar-refractivity contribution in [1.29, 1.82) is 0 Å². The molecule has 2 aliphatic heterocycles. The monoisotopic (exact) mass is 274 g/mol. The molecule has 2 unspecified atom stereocenters. The van der Waals surface area contributed by atoms with E-state index in [9.17, 15) is 4.39 Å². The van der Waals surface area contributed by atoms with Crippen LogP contribution in [0.3, 0.4) is 0 Å². The molecule has 1 aromatic rings. The second kappa shape index (κ2) is 4.20. The molecule has 0 aromatic heterocycles. The molecule has 2 heterocycles. The normalized spacial score (nSPS) is 34.9. The summed E-state index contributed by atoms with van der Waals surface area (Å²) in [6.07, 6.45) is 2.64. The van der Waals surface area contributed by atoms with Gasteiger partial charge in [-0.2, -0.15) is 0 Å². The first-order valence-corrected chi connectivity index (χ1v) is 7.84. The lowest BCUT2D eigenvalue weighted by Crippen LogP contribution is -2.40. The fourth-order valence-electron chi connectivity index (χ4n) is 4.03. The van der Waals surface area contributed by atoms with Crippen molar-refractivity contribution in [2.75, 3.05) is 31.1 Å². The molecule has 20 heavy (non-hydrogen) atoms. The van der Waals surface area contributed by atoms with E-state index < -0.39 is 5.67 Å². The van der Waals surface area contributed by atoms with Gasteiger partial charge < -0.3 is 10.2 Å². The number of piperidine rings is 2. The Morgan fingerprint density at radius 3 is 2.45 bits per heavy atom. The fourth-order valence-corrected chi connectivity index (χ4v) is 4.03. The number of hydrogen-bond acceptors (Lipinski definition) is 2. The lowest BCUT2D eigenvalue weighted by molar-refractivity contribution is 0.149. The maximum absolute atomic E-state index is 13.9. The first kappa shape index (κ1) is 12.6. The molecule has 1 aliphatic carbocycles. The summed E-state index contributed by atoms with van der Waals surface area (Å²) in [6.45, 7) is 5.72. The highest BCUT2D eigenvalue weighted by atomic mass is 19.1. The van der Waals surface area contributed by atoms with Crippen LogP contribution in [0.4, 0.5) is 10.1 Å². The van der Waals surface area contributed by atoms with E-state index in [1.807, 2.05) is 0 Å². The van der Waals surface area contributed by atoms with Crippen LogP contribution < -0.4 is 10.2 Å². The molecule has 2 nitrogen and oxygen atoms in total. The highest BCUT2D eigenvalue weighted by molar-refractivity contribution is 5.51. The van der Waals surface area contributed by atoms with E-state index in [0.717, 1.165) is 25.6 Å². The summed E-state index contributed by atoms with van der Waals surface area (Å²) in [4.78, 5) is 2.32. The van der Waals surface area contributed by atoms with Crippen molar-refractivity contribution in [2.45, 2.75) is 37.3 Å². The van der Waals surface area contributed by atoms with Gasteiger partial charge in [0.05, 0.1) is 0 Å². The zero-order valence-corrected chi connectivity index (χ0v) is 12.2. The van der Waals surface area contributed by atoms with Gasteiger partial charge in [0.1, 0.15) is 5.67 Å². The lowest BCUT2D eigenvalue weighted by atomic mass is 9.93. The van der Waals surface area contributed by atoms with Crippen molar-refractivity contribution in [3.63, 3.8) is 0 Å². The first-order chi connectivity index (χ1) is 9.59. The molecular weight excluding hydrogens is 251 g/mol. The number of nitrogens with one attached hydrogen (secondary N) is 1. The summed E-state index contributed by atoms with van der Waals surface area (Å²) >= 11 is 0. The molecule has 4 rings (SSSR count). The number of rotatable bonds is 2. The number of fused-ring (bicyclic) bond motifs is 1. The Labute approximate surface area is 120 Å². The predicted molar refractivity (Wildman–Crippen MR) is 80.1 cm³/mol. The average molecular weight is 274 g/mol. The van der Waals surface area contributed by atoms with Crippen molar-refractivity contribution in [3.05, 3.63) is 29.8 Å². The van der Waals surface area contributed by atoms with Gasteiger partial charge in [0.2, 0.25) is 0 Å². The van der Waals surface area contributed by atoms with Crippen LogP contribution in [0.5, 0.6) is 0 Å². The van der Waals surface area contributed by atoms with Crippen molar-refractivity contribution in [2.24, 2.45) is 5.92 Å². The van der Waals surface area contributed by atoms with Gasteiger partial charge in [-0.1, -0.05) is 12.1 Å². The molecular formula is C17H23FN2. The van der Waals surface area contributed by atoms with Gasteiger partial charge >= 0.3 is 0 Å². The maximum Gasteiger partial charge on any atom is 0.111 e. The summed E-state index contributed by atoms with van der Waals surface area (Å²) in [6, 6.07) is 9.06. The standard InChI is InChI=1S/C17H23FN2/c1-16(18)6-8-20(9-7-16)15-4-2-13(3-5-15)17-10-14(17)11-19-12-17/h2-5,14,19H,6-12H2,1H3. The van der Waals surface area contributed by atoms with E-state index in [1.54, 1.807) is 6.92 Å².